The minimum absolute atomic E-state index is 0.0127. The molecule has 1 aromatic heterocycles. The van der Waals surface area contributed by atoms with Gasteiger partial charge in [-0.15, -0.1) is 0 Å². The van der Waals surface area contributed by atoms with E-state index < -0.39 is 4.92 Å². The van der Waals surface area contributed by atoms with E-state index in [1.165, 1.54) is 6.07 Å². The van der Waals surface area contributed by atoms with Gasteiger partial charge in [-0.05, 0) is 25.3 Å². The molecule has 0 saturated heterocycles. The maximum Gasteiger partial charge on any atom is 0.311 e. The Balaban J connectivity index is 3.19. The van der Waals surface area contributed by atoms with Crippen LogP contribution in [0.2, 0.25) is 0 Å². The molecule has 0 amide bonds. The van der Waals surface area contributed by atoms with Crippen molar-refractivity contribution in [2.75, 3.05) is 17.7 Å². The fourth-order valence-electron chi connectivity index (χ4n) is 2.10. The average molecular weight is 266 g/mol. The number of anilines is 2. The summed E-state index contributed by atoms with van der Waals surface area (Å²) in [5.74, 6) is 0.952. The highest BCUT2D eigenvalue weighted by molar-refractivity contribution is 5.61. The van der Waals surface area contributed by atoms with Gasteiger partial charge in [-0.3, -0.25) is 10.1 Å². The van der Waals surface area contributed by atoms with Crippen molar-refractivity contribution in [1.29, 1.82) is 0 Å². The lowest BCUT2D eigenvalue weighted by atomic mass is 9.90. The molecule has 1 rings (SSSR count). The SMILES string of the molecule is CCC(CC)(CC)Nc1nc(NC)ccc1[N+](=O)[O-]. The van der Waals surface area contributed by atoms with Crippen LogP contribution in [0.1, 0.15) is 40.0 Å². The van der Waals surface area contributed by atoms with Crippen molar-refractivity contribution in [3.63, 3.8) is 0 Å². The summed E-state index contributed by atoms with van der Waals surface area (Å²) in [5.41, 5.74) is -0.136. The molecule has 0 fully saturated rings. The minimum Gasteiger partial charge on any atom is -0.373 e. The van der Waals surface area contributed by atoms with Gasteiger partial charge < -0.3 is 10.6 Å². The number of hydrogen-bond donors (Lipinski definition) is 2. The van der Waals surface area contributed by atoms with Crippen molar-refractivity contribution in [3.05, 3.63) is 22.2 Å². The van der Waals surface area contributed by atoms with Crippen LogP contribution >= 0.6 is 0 Å². The number of pyridine rings is 1. The van der Waals surface area contributed by atoms with Gasteiger partial charge in [-0.25, -0.2) is 4.98 Å². The Hall–Kier alpha value is -1.85. The first-order valence-corrected chi connectivity index (χ1v) is 6.63. The van der Waals surface area contributed by atoms with E-state index in [0.717, 1.165) is 19.3 Å². The van der Waals surface area contributed by atoms with Gasteiger partial charge in [0.05, 0.1) is 4.92 Å². The van der Waals surface area contributed by atoms with E-state index >= 15 is 0 Å². The smallest absolute Gasteiger partial charge is 0.311 e. The zero-order valence-corrected chi connectivity index (χ0v) is 12.0. The number of rotatable bonds is 7. The summed E-state index contributed by atoms with van der Waals surface area (Å²) >= 11 is 0. The third kappa shape index (κ3) is 3.33. The van der Waals surface area contributed by atoms with E-state index in [2.05, 4.69) is 36.4 Å². The second-order valence-electron chi connectivity index (χ2n) is 4.54. The highest BCUT2D eigenvalue weighted by Crippen LogP contribution is 2.31. The molecule has 0 aliphatic rings. The maximum absolute atomic E-state index is 11.1. The van der Waals surface area contributed by atoms with Gasteiger partial charge in [-0.1, -0.05) is 20.8 Å². The number of nitrogens with one attached hydrogen (secondary N) is 2. The van der Waals surface area contributed by atoms with Crippen molar-refractivity contribution >= 4 is 17.3 Å². The van der Waals surface area contributed by atoms with Crippen LogP contribution < -0.4 is 10.6 Å². The maximum atomic E-state index is 11.1. The summed E-state index contributed by atoms with van der Waals surface area (Å²) in [4.78, 5) is 15.0. The monoisotopic (exact) mass is 266 g/mol. The van der Waals surface area contributed by atoms with Crippen molar-refractivity contribution < 1.29 is 4.92 Å². The van der Waals surface area contributed by atoms with E-state index in [9.17, 15) is 10.1 Å². The van der Waals surface area contributed by atoms with E-state index in [1.807, 2.05) is 0 Å². The number of hydrogen-bond acceptors (Lipinski definition) is 5. The van der Waals surface area contributed by atoms with Crippen LogP contribution in [-0.2, 0) is 0 Å². The highest BCUT2D eigenvalue weighted by atomic mass is 16.6. The fourth-order valence-corrected chi connectivity index (χ4v) is 2.10. The summed E-state index contributed by atoms with van der Waals surface area (Å²) in [5, 5.41) is 17.3. The highest BCUT2D eigenvalue weighted by Gasteiger charge is 2.28. The van der Waals surface area contributed by atoms with Crippen LogP contribution in [0.4, 0.5) is 17.3 Å². The third-order valence-electron chi connectivity index (χ3n) is 3.74. The van der Waals surface area contributed by atoms with Crippen LogP contribution in [0.3, 0.4) is 0 Å². The molecule has 1 heterocycles. The molecule has 2 N–H and O–H groups in total. The Bertz CT molecular complexity index is 436. The summed E-state index contributed by atoms with van der Waals surface area (Å²) in [6, 6.07) is 3.09. The lowest BCUT2D eigenvalue weighted by Crippen LogP contribution is -2.36. The first-order valence-electron chi connectivity index (χ1n) is 6.63. The van der Waals surface area contributed by atoms with Crippen molar-refractivity contribution in [1.82, 2.24) is 4.98 Å². The summed E-state index contributed by atoms with van der Waals surface area (Å²) in [6.07, 6.45) is 2.67. The predicted octanol–water partition coefficient (Wildman–Crippen LogP) is 3.41. The van der Waals surface area contributed by atoms with Gasteiger partial charge in [0.15, 0.2) is 0 Å². The molecule has 0 aliphatic heterocycles. The van der Waals surface area contributed by atoms with E-state index in [0.29, 0.717) is 11.6 Å². The molecule has 0 aliphatic carbocycles. The van der Waals surface area contributed by atoms with Crippen molar-refractivity contribution in [2.24, 2.45) is 0 Å². The summed E-state index contributed by atoms with van der Waals surface area (Å²) in [7, 11) is 1.74. The van der Waals surface area contributed by atoms with Gasteiger partial charge in [0, 0.05) is 18.7 Å². The van der Waals surface area contributed by atoms with Gasteiger partial charge in [0.1, 0.15) is 5.82 Å². The standard InChI is InChI=1S/C13H22N4O2/c1-5-13(6-2,7-3)16-12-10(17(18)19)8-9-11(14-4)15-12/h8-9H,5-7H2,1-4H3,(H2,14,15,16). The molecule has 19 heavy (non-hydrogen) atoms. The number of nitro groups is 1. The van der Waals surface area contributed by atoms with E-state index in [1.54, 1.807) is 13.1 Å². The lowest BCUT2D eigenvalue weighted by molar-refractivity contribution is -0.384. The molecule has 0 unspecified atom stereocenters. The molecule has 0 saturated carbocycles. The molecule has 0 spiro atoms. The van der Waals surface area contributed by atoms with Crippen LogP contribution in [0.5, 0.6) is 0 Å². The molecular weight excluding hydrogens is 244 g/mol. The topological polar surface area (TPSA) is 80.1 Å². The van der Waals surface area contributed by atoms with Gasteiger partial charge in [0.2, 0.25) is 5.82 Å². The van der Waals surface area contributed by atoms with Crippen molar-refractivity contribution in [3.8, 4) is 0 Å². The normalized spacial score (nSPS) is 11.2. The predicted molar refractivity (Wildman–Crippen MR) is 77.7 cm³/mol. The third-order valence-corrected chi connectivity index (χ3v) is 3.74. The van der Waals surface area contributed by atoms with Crippen LogP contribution in [-0.4, -0.2) is 22.5 Å². The summed E-state index contributed by atoms with van der Waals surface area (Å²) in [6.45, 7) is 6.23. The fraction of sp³-hybridized carbons (Fsp3) is 0.615. The first kappa shape index (κ1) is 15.2. The van der Waals surface area contributed by atoms with Gasteiger partial charge in [0.25, 0.3) is 0 Å². The molecule has 1 aromatic rings. The number of nitrogens with zero attached hydrogens (tertiary/aromatic N) is 2. The quantitative estimate of drug-likeness (QED) is 0.584. The Morgan fingerprint density at radius 2 is 1.84 bits per heavy atom. The minimum atomic E-state index is -0.402. The molecular formula is C13H22N4O2. The molecule has 0 aromatic carbocycles. The Morgan fingerprint density at radius 3 is 2.26 bits per heavy atom. The molecule has 0 atom stereocenters. The Morgan fingerprint density at radius 1 is 1.26 bits per heavy atom. The zero-order chi connectivity index (χ0) is 14.5. The average Bonchev–Trinajstić information content (AvgIpc) is 2.44. The van der Waals surface area contributed by atoms with Crippen LogP contribution in [0.15, 0.2) is 12.1 Å². The van der Waals surface area contributed by atoms with Crippen LogP contribution in [0, 0.1) is 10.1 Å². The molecule has 0 bridgehead atoms. The largest absolute Gasteiger partial charge is 0.373 e. The van der Waals surface area contributed by atoms with E-state index in [-0.39, 0.29) is 11.2 Å². The van der Waals surface area contributed by atoms with Crippen molar-refractivity contribution in [2.45, 2.75) is 45.6 Å². The second kappa shape index (κ2) is 6.36. The molecule has 6 heteroatoms. The Labute approximate surface area is 113 Å². The Kier molecular flexibility index (Phi) is 5.09. The second-order valence-corrected chi connectivity index (χ2v) is 4.54. The van der Waals surface area contributed by atoms with E-state index in [4.69, 9.17) is 0 Å². The molecule has 6 nitrogen and oxygen atoms in total. The molecule has 106 valence electrons. The lowest BCUT2D eigenvalue weighted by Gasteiger charge is -2.32. The molecule has 0 radical (unpaired) electrons. The summed E-state index contributed by atoms with van der Waals surface area (Å²) < 4.78 is 0. The first-order chi connectivity index (χ1) is 9.01. The number of aromatic nitrogens is 1. The van der Waals surface area contributed by atoms with Gasteiger partial charge >= 0.3 is 5.69 Å². The van der Waals surface area contributed by atoms with Gasteiger partial charge in [-0.2, -0.15) is 0 Å². The zero-order valence-electron chi connectivity index (χ0n) is 12.0. The van der Waals surface area contributed by atoms with Crippen LogP contribution in [0.25, 0.3) is 0 Å².